The Morgan fingerprint density at radius 2 is 2.16 bits per heavy atom. The summed E-state index contributed by atoms with van der Waals surface area (Å²) in [4.78, 5) is 10.7. The number of aromatic carboxylic acids is 1. The molecule has 0 spiro atoms. The fraction of sp³-hybridized carbons (Fsp3) is 0.100. The van der Waals surface area contributed by atoms with Gasteiger partial charge in [-0.25, -0.2) is 17.9 Å². The van der Waals surface area contributed by atoms with Crippen molar-refractivity contribution in [3.63, 3.8) is 0 Å². The number of aromatic nitrogens is 2. The van der Waals surface area contributed by atoms with Crippen LogP contribution in [0.4, 0.5) is 0 Å². The molecule has 0 aromatic carbocycles. The first-order valence-corrected chi connectivity index (χ1v) is 7.38. The summed E-state index contributed by atoms with van der Waals surface area (Å²) in [6.07, 6.45) is 1.48. The number of nitrogens with zero attached hydrogens (tertiary/aromatic N) is 2. The lowest BCUT2D eigenvalue weighted by Gasteiger charge is -2.03. The number of thiophene rings is 1. The molecule has 0 saturated heterocycles. The van der Waals surface area contributed by atoms with E-state index in [1.54, 1.807) is 12.1 Å². The molecule has 0 bridgehead atoms. The number of rotatable bonds is 5. The second-order valence-corrected chi connectivity index (χ2v) is 6.54. The number of carbonyl (C=O) groups is 1. The van der Waals surface area contributed by atoms with Gasteiger partial charge in [0.15, 0.2) is 0 Å². The molecule has 2 heterocycles. The fourth-order valence-corrected chi connectivity index (χ4v) is 3.44. The van der Waals surface area contributed by atoms with Gasteiger partial charge in [-0.05, 0) is 24.3 Å². The molecule has 0 fully saturated rings. The van der Waals surface area contributed by atoms with Crippen LogP contribution in [0.15, 0.2) is 34.7 Å². The molecule has 0 saturated carbocycles. The number of carboxylic acids is 1. The predicted molar refractivity (Wildman–Crippen MR) is 67.3 cm³/mol. The summed E-state index contributed by atoms with van der Waals surface area (Å²) in [7, 11) is -3.73. The van der Waals surface area contributed by atoms with E-state index in [0.29, 0.717) is 17.0 Å². The van der Waals surface area contributed by atoms with E-state index >= 15 is 0 Å². The molecule has 2 aromatic rings. The summed E-state index contributed by atoms with van der Waals surface area (Å²) in [5.41, 5.74) is 0.473. The normalized spacial score (nSPS) is 11.4. The third kappa shape index (κ3) is 3.34. The molecule has 2 aromatic heterocycles. The Kier molecular flexibility index (Phi) is 3.88. The first-order valence-electron chi connectivity index (χ1n) is 5.08. The van der Waals surface area contributed by atoms with Crippen LogP contribution in [0.5, 0.6) is 0 Å². The van der Waals surface area contributed by atoms with Gasteiger partial charge in [0.2, 0.25) is 10.0 Å². The van der Waals surface area contributed by atoms with Gasteiger partial charge in [-0.2, -0.15) is 10.2 Å². The van der Waals surface area contributed by atoms with Gasteiger partial charge in [0.1, 0.15) is 9.09 Å². The van der Waals surface area contributed by atoms with Gasteiger partial charge in [-0.1, -0.05) is 0 Å². The summed E-state index contributed by atoms with van der Waals surface area (Å²) in [5, 5.41) is 16.1. The Bertz CT molecular complexity index is 682. The molecule has 0 aliphatic rings. The van der Waals surface area contributed by atoms with Crippen LogP contribution in [0.25, 0.3) is 0 Å². The summed E-state index contributed by atoms with van der Waals surface area (Å²) < 4.78 is 26.1. The Morgan fingerprint density at radius 1 is 1.37 bits per heavy atom. The molecular weight excluding hydrogens is 290 g/mol. The zero-order chi connectivity index (χ0) is 13.9. The van der Waals surface area contributed by atoms with Crippen LogP contribution in [-0.4, -0.2) is 29.7 Å². The van der Waals surface area contributed by atoms with Gasteiger partial charge in [0.05, 0.1) is 12.2 Å². The summed E-state index contributed by atoms with van der Waals surface area (Å²) in [6, 6.07) is 5.79. The lowest BCUT2D eigenvalue weighted by atomic mass is 10.4. The average Bonchev–Trinajstić information content (AvgIpc) is 2.88. The summed E-state index contributed by atoms with van der Waals surface area (Å²) >= 11 is 0.697. The number of nitrogens with one attached hydrogen (secondary N) is 1. The van der Waals surface area contributed by atoms with Crippen molar-refractivity contribution in [2.45, 2.75) is 10.8 Å². The minimum atomic E-state index is -3.73. The van der Waals surface area contributed by atoms with Crippen molar-refractivity contribution in [1.29, 1.82) is 0 Å². The first-order chi connectivity index (χ1) is 8.99. The third-order valence-corrected chi connectivity index (χ3v) is 5.09. The Hall–Kier alpha value is -1.84. The second kappa shape index (κ2) is 5.43. The maximum atomic E-state index is 11.9. The number of hydrogen-bond donors (Lipinski definition) is 2. The fourth-order valence-electron chi connectivity index (χ4n) is 1.25. The lowest BCUT2D eigenvalue weighted by Crippen LogP contribution is -2.23. The van der Waals surface area contributed by atoms with E-state index in [9.17, 15) is 13.2 Å². The van der Waals surface area contributed by atoms with Crippen molar-refractivity contribution < 1.29 is 18.3 Å². The molecule has 9 heteroatoms. The van der Waals surface area contributed by atoms with Crippen LogP contribution < -0.4 is 4.72 Å². The lowest BCUT2D eigenvalue weighted by molar-refractivity contribution is 0.0702. The zero-order valence-electron chi connectivity index (χ0n) is 9.48. The van der Waals surface area contributed by atoms with Gasteiger partial charge < -0.3 is 5.11 Å². The molecule has 0 atom stereocenters. The Morgan fingerprint density at radius 3 is 2.74 bits per heavy atom. The molecule has 0 aliphatic carbocycles. The van der Waals surface area contributed by atoms with Crippen LogP contribution in [0, 0.1) is 0 Å². The van der Waals surface area contributed by atoms with E-state index in [4.69, 9.17) is 5.11 Å². The zero-order valence-corrected chi connectivity index (χ0v) is 11.1. The number of hydrogen-bond acceptors (Lipinski definition) is 6. The molecule has 19 heavy (non-hydrogen) atoms. The van der Waals surface area contributed by atoms with Crippen LogP contribution >= 0.6 is 11.3 Å². The van der Waals surface area contributed by atoms with E-state index in [1.165, 1.54) is 18.3 Å². The topological polar surface area (TPSA) is 109 Å². The largest absolute Gasteiger partial charge is 0.477 e. The van der Waals surface area contributed by atoms with Gasteiger partial charge in [0, 0.05) is 6.20 Å². The highest BCUT2D eigenvalue weighted by Gasteiger charge is 2.18. The molecule has 100 valence electrons. The summed E-state index contributed by atoms with van der Waals surface area (Å²) in [6.45, 7) is -0.00349. The average molecular weight is 299 g/mol. The van der Waals surface area contributed by atoms with Crippen molar-refractivity contribution in [2.75, 3.05) is 0 Å². The Balaban J connectivity index is 2.12. The quantitative estimate of drug-likeness (QED) is 0.841. The standard InChI is InChI=1S/C10H9N3O4S2/c14-10(15)8-3-4-9(18-8)19(16,17)12-6-7-2-1-5-11-13-7/h1-5,12H,6H2,(H,14,15). The van der Waals surface area contributed by atoms with Crippen LogP contribution in [0.2, 0.25) is 0 Å². The van der Waals surface area contributed by atoms with Gasteiger partial charge in [0.25, 0.3) is 0 Å². The van der Waals surface area contributed by atoms with E-state index < -0.39 is 16.0 Å². The molecule has 2 N–H and O–H groups in total. The molecular formula is C10H9N3O4S2. The third-order valence-electron chi connectivity index (χ3n) is 2.13. The van der Waals surface area contributed by atoms with E-state index in [1.807, 2.05) is 0 Å². The maximum absolute atomic E-state index is 11.9. The van der Waals surface area contributed by atoms with Gasteiger partial charge in [-0.3, -0.25) is 0 Å². The van der Waals surface area contributed by atoms with Crippen molar-refractivity contribution in [2.24, 2.45) is 0 Å². The number of sulfonamides is 1. The molecule has 7 nitrogen and oxygen atoms in total. The van der Waals surface area contributed by atoms with Crippen molar-refractivity contribution in [1.82, 2.24) is 14.9 Å². The van der Waals surface area contributed by atoms with Crippen molar-refractivity contribution >= 4 is 27.3 Å². The van der Waals surface area contributed by atoms with E-state index in [-0.39, 0.29) is 15.6 Å². The minimum Gasteiger partial charge on any atom is -0.477 e. The SMILES string of the molecule is O=C(O)c1ccc(S(=O)(=O)NCc2cccnn2)s1. The second-order valence-electron chi connectivity index (χ2n) is 3.46. The number of carboxylic acid groups (broad SMARTS) is 1. The van der Waals surface area contributed by atoms with Crippen LogP contribution in [0.3, 0.4) is 0 Å². The van der Waals surface area contributed by atoms with E-state index in [2.05, 4.69) is 14.9 Å². The molecule has 2 rings (SSSR count). The van der Waals surface area contributed by atoms with Crippen LogP contribution in [-0.2, 0) is 16.6 Å². The molecule has 0 amide bonds. The van der Waals surface area contributed by atoms with Crippen molar-refractivity contribution in [3.05, 3.63) is 41.0 Å². The summed E-state index contributed by atoms with van der Waals surface area (Å²) in [5.74, 6) is -1.15. The highest BCUT2D eigenvalue weighted by atomic mass is 32.2. The molecule has 0 radical (unpaired) electrons. The minimum absolute atomic E-state index is 0.00349. The van der Waals surface area contributed by atoms with Crippen molar-refractivity contribution in [3.8, 4) is 0 Å². The monoisotopic (exact) mass is 299 g/mol. The van der Waals surface area contributed by atoms with Gasteiger partial charge >= 0.3 is 5.97 Å². The highest BCUT2D eigenvalue weighted by Crippen LogP contribution is 2.21. The first kappa shape index (κ1) is 13.6. The predicted octanol–water partition coefficient (Wildman–Crippen LogP) is 0.715. The highest BCUT2D eigenvalue weighted by molar-refractivity contribution is 7.91. The molecule has 0 unspecified atom stereocenters. The van der Waals surface area contributed by atoms with E-state index in [0.717, 1.165) is 0 Å². The molecule has 0 aliphatic heterocycles. The smallest absolute Gasteiger partial charge is 0.345 e. The maximum Gasteiger partial charge on any atom is 0.345 e. The van der Waals surface area contributed by atoms with Gasteiger partial charge in [-0.15, -0.1) is 11.3 Å². The Labute approximate surface area is 113 Å². The van der Waals surface area contributed by atoms with Crippen LogP contribution in [0.1, 0.15) is 15.4 Å².